The molecule has 2 heterocycles. The number of fused-ring (bicyclic) bond motifs is 3. The van der Waals surface area contributed by atoms with E-state index in [4.69, 9.17) is 4.74 Å². The highest BCUT2D eigenvalue weighted by molar-refractivity contribution is 7.98. The maximum absolute atomic E-state index is 13.0. The SMILES string of the molecule is CCCn1c(=O)c2cc(C)ccc2n2c(SCc3cccc(OC)c3)nnc12. The van der Waals surface area contributed by atoms with E-state index in [0.29, 0.717) is 17.7 Å². The molecule has 0 radical (unpaired) electrons. The summed E-state index contributed by atoms with van der Waals surface area (Å²) in [6.45, 7) is 4.67. The topological polar surface area (TPSA) is 61.4 Å². The molecule has 0 unspecified atom stereocenters. The highest BCUT2D eigenvalue weighted by atomic mass is 32.2. The molecular formula is C21H22N4O2S. The molecule has 4 aromatic rings. The summed E-state index contributed by atoms with van der Waals surface area (Å²) >= 11 is 1.60. The molecule has 0 aliphatic carbocycles. The van der Waals surface area contributed by atoms with Gasteiger partial charge in [-0.15, -0.1) is 10.2 Å². The van der Waals surface area contributed by atoms with Crippen molar-refractivity contribution in [3.63, 3.8) is 0 Å². The molecule has 28 heavy (non-hydrogen) atoms. The first-order valence-corrected chi connectivity index (χ1v) is 10.2. The Labute approximate surface area is 167 Å². The van der Waals surface area contributed by atoms with Crippen LogP contribution in [0.1, 0.15) is 24.5 Å². The second-order valence-corrected chi connectivity index (χ2v) is 7.68. The van der Waals surface area contributed by atoms with E-state index in [1.165, 1.54) is 0 Å². The largest absolute Gasteiger partial charge is 0.497 e. The molecule has 7 heteroatoms. The van der Waals surface area contributed by atoms with Crippen molar-refractivity contribution in [3.05, 3.63) is 63.9 Å². The summed E-state index contributed by atoms with van der Waals surface area (Å²) in [5.41, 5.74) is 3.04. The molecule has 2 aromatic heterocycles. The minimum absolute atomic E-state index is 0.00945. The minimum Gasteiger partial charge on any atom is -0.497 e. The minimum atomic E-state index is -0.00945. The molecule has 0 aliphatic heterocycles. The first-order chi connectivity index (χ1) is 13.6. The Hall–Kier alpha value is -2.80. The Morgan fingerprint density at radius 3 is 2.79 bits per heavy atom. The third kappa shape index (κ3) is 3.26. The van der Waals surface area contributed by atoms with Gasteiger partial charge in [-0.25, -0.2) is 0 Å². The number of hydrogen-bond donors (Lipinski definition) is 0. The van der Waals surface area contributed by atoms with Gasteiger partial charge in [0.2, 0.25) is 5.78 Å². The first-order valence-electron chi connectivity index (χ1n) is 9.26. The van der Waals surface area contributed by atoms with Crippen LogP contribution in [0, 0.1) is 6.92 Å². The molecular weight excluding hydrogens is 372 g/mol. The quantitative estimate of drug-likeness (QED) is 0.462. The average Bonchev–Trinajstić information content (AvgIpc) is 3.13. The monoisotopic (exact) mass is 394 g/mol. The molecule has 0 saturated carbocycles. The zero-order valence-electron chi connectivity index (χ0n) is 16.2. The summed E-state index contributed by atoms with van der Waals surface area (Å²) in [6.07, 6.45) is 0.853. The fourth-order valence-electron chi connectivity index (χ4n) is 3.33. The van der Waals surface area contributed by atoms with E-state index in [-0.39, 0.29) is 5.56 Å². The normalized spacial score (nSPS) is 11.4. The van der Waals surface area contributed by atoms with Crippen LogP contribution in [-0.2, 0) is 12.3 Å². The highest BCUT2D eigenvalue weighted by Crippen LogP contribution is 2.26. The third-order valence-corrected chi connectivity index (χ3v) is 5.68. The van der Waals surface area contributed by atoms with Gasteiger partial charge >= 0.3 is 0 Å². The number of hydrogen-bond acceptors (Lipinski definition) is 5. The summed E-state index contributed by atoms with van der Waals surface area (Å²) in [4.78, 5) is 13.0. The van der Waals surface area contributed by atoms with Crippen LogP contribution < -0.4 is 10.3 Å². The Balaban J connectivity index is 1.83. The van der Waals surface area contributed by atoms with Crippen LogP contribution >= 0.6 is 11.8 Å². The Morgan fingerprint density at radius 1 is 1.14 bits per heavy atom. The molecule has 4 rings (SSSR count). The smallest absolute Gasteiger partial charge is 0.262 e. The van der Waals surface area contributed by atoms with Crippen LogP contribution in [0.15, 0.2) is 52.4 Å². The van der Waals surface area contributed by atoms with Crippen molar-refractivity contribution in [3.8, 4) is 5.75 Å². The van der Waals surface area contributed by atoms with Crippen molar-refractivity contribution in [2.75, 3.05) is 7.11 Å². The number of methoxy groups -OCH3 is 1. The molecule has 0 aliphatic rings. The summed E-state index contributed by atoms with van der Waals surface area (Å²) < 4.78 is 9.03. The van der Waals surface area contributed by atoms with Gasteiger partial charge in [-0.3, -0.25) is 13.8 Å². The van der Waals surface area contributed by atoms with Gasteiger partial charge in [0.25, 0.3) is 5.56 Å². The summed E-state index contributed by atoms with van der Waals surface area (Å²) in [5, 5.41) is 10.2. The Bertz CT molecular complexity index is 1210. The fraction of sp³-hybridized carbons (Fsp3) is 0.286. The molecule has 0 saturated heterocycles. The predicted octanol–water partition coefficient (Wildman–Crippen LogP) is 4.06. The molecule has 0 amide bonds. The van der Waals surface area contributed by atoms with E-state index >= 15 is 0 Å². The van der Waals surface area contributed by atoms with Crippen molar-refractivity contribution in [1.82, 2.24) is 19.2 Å². The van der Waals surface area contributed by atoms with Gasteiger partial charge in [0, 0.05) is 12.3 Å². The highest BCUT2D eigenvalue weighted by Gasteiger charge is 2.16. The van der Waals surface area contributed by atoms with E-state index in [1.54, 1.807) is 23.4 Å². The van der Waals surface area contributed by atoms with Crippen LogP contribution in [0.5, 0.6) is 5.75 Å². The second-order valence-electron chi connectivity index (χ2n) is 6.74. The fourth-order valence-corrected chi connectivity index (χ4v) is 4.21. The summed E-state index contributed by atoms with van der Waals surface area (Å²) in [6, 6.07) is 13.9. The molecule has 6 nitrogen and oxygen atoms in total. The third-order valence-electron chi connectivity index (χ3n) is 4.68. The van der Waals surface area contributed by atoms with Crippen LogP contribution in [0.4, 0.5) is 0 Å². The molecule has 0 spiro atoms. The van der Waals surface area contributed by atoms with E-state index in [0.717, 1.165) is 39.7 Å². The van der Waals surface area contributed by atoms with E-state index in [9.17, 15) is 4.79 Å². The lowest BCUT2D eigenvalue weighted by Gasteiger charge is -2.11. The van der Waals surface area contributed by atoms with Crippen LogP contribution in [0.2, 0.25) is 0 Å². The Kier molecular flexibility index (Phi) is 5.09. The van der Waals surface area contributed by atoms with E-state index < -0.39 is 0 Å². The molecule has 0 bridgehead atoms. The second kappa shape index (κ2) is 7.67. The molecule has 2 aromatic carbocycles. The van der Waals surface area contributed by atoms with Crippen molar-refractivity contribution in [2.24, 2.45) is 0 Å². The summed E-state index contributed by atoms with van der Waals surface area (Å²) in [7, 11) is 1.67. The van der Waals surface area contributed by atoms with Crippen molar-refractivity contribution >= 4 is 28.4 Å². The van der Waals surface area contributed by atoms with Gasteiger partial charge in [-0.2, -0.15) is 0 Å². The lowest BCUT2D eigenvalue weighted by molar-refractivity contribution is 0.414. The molecule has 0 fully saturated rings. The molecule has 0 N–H and O–H groups in total. The number of aromatic nitrogens is 4. The van der Waals surface area contributed by atoms with Crippen LogP contribution in [-0.4, -0.2) is 26.3 Å². The van der Waals surface area contributed by atoms with Gasteiger partial charge in [0.15, 0.2) is 5.16 Å². The van der Waals surface area contributed by atoms with Gasteiger partial charge in [-0.1, -0.05) is 42.4 Å². The van der Waals surface area contributed by atoms with Gasteiger partial charge in [-0.05, 0) is 43.2 Å². The van der Waals surface area contributed by atoms with Gasteiger partial charge in [0.1, 0.15) is 5.75 Å². The zero-order chi connectivity index (χ0) is 19.7. The predicted molar refractivity (Wildman–Crippen MR) is 112 cm³/mol. The molecule has 0 atom stereocenters. The van der Waals surface area contributed by atoms with Crippen LogP contribution in [0.3, 0.4) is 0 Å². The van der Waals surface area contributed by atoms with Gasteiger partial charge in [0.05, 0.1) is 18.0 Å². The number of thioether (sulfide) groups is 1. The first kappa shape index (κ1) is 18.6. The number of nitrogens with zero attached hydrogens (tertiary/aromatic N) is 4. The number of rotatable bonds is 6. The van der Waals surface area contributed by atoms with Crippen LogP contribution in [0.25, 0.3) is 16.7 Å². The molecule has 144 valence electrons. The maximum atomic E-state index is 13.0. The lowest BCUT2D eigenvalue weighted by Crippen LogP contribution is -2.23. The van der Waals surface area contributed by atoms with E-state index in [2.05, 4.69) is 23.2 Å². The zero-order valence-corrected chi connectivity index (χ0v) is 17.0. The average molecular weight is 395 g/mol. The maximum Gasteiger partial charge on any atom is 0.262 e. The van der Waals surface area contributed by atoms with Crippen molar-refractivity contribution in [2.45, 2.75) is 37.7 Å². The lowest BCUT2D eigenvalue weighted by atomic mass is 10.1. The number of ether oxygens (including phenoxy) is 1. The van der Waals surface area contributed by atoms with Gasteiger partial charge < -0.3 is 4.74 Å². The van der Waals surface area contributed by atoms with Crippen molar-refractivity contribution < 1.29 is 4.74 Å². The Morgan fingerprint density at radius 2 is 2.00 bits per heavy atom. The standard InChI is InChI=1S/C21H22N4O2S/c1-4-10-24-19(26)17-11-14(2)8-9-18(17)25-20(24)22-23-21(25)28-13-15-6-5-7-16(12-15)27-3/h5-9,11-12H,4,10,13H2,1-3H3. The van der Waals surface area contributed by atoms with E-state index in [1.807, 2.05) is 47.7 Å². The summed E-state index contributed by atoms with van der Waals surface area (Å²) in [5.74, 6) is 2.16. The number of aryl methyl sites for hydroxylation is 2. The van der Waals surface area contributed by atoms with Crippen molar-refractivity contribution in [1.29, 1.82) is 0 Å². The number of benzene rings is 2.